The van der Waals surface area contributed by atoms with E-state index in [1.165, 1.54) is 7.11 Å². The predicted molar refractivity (Wildman–Crippen MR) is 38.4 cm³/mol. The van der Waals surface area contributed by atoms with Crippen molar-refractivity contribution in [1.82, 2.24) is 0 Å². The van der Waals surface area contributed by atoms with Gasteiger partial charge in [0.05, 0.1) is 7.11 Å². The van der Waals surface area contributed by atoms with Crippen LogP contribution in [0.15, 0.2) is 23.8 Å². The number of hydrogen-bond acceptors (Lipinski definition) is 2. The molecule has 10 heavy (non-hydrogen) atoms. The fourth-order valence-corrected chi connectivity index (χ4v) is 0.953. The standard InChI is InChI=1S/C8H10O2/c1-6-4-3-5-7(6)8(9)10-2/h3-6H,1-2H3. The molecule has 0 bridgehead atoms. The number of carbonyl (C=O) groups is 1. The van der Waals surface area contributed by atoms with E-state index in [2.05, 4.69) is 4.74 Å². The third-order valence-corrected chi connectivity index (χ3v) is 1.59. The zero-order chi connectivity index (χ0) is 7.56. The summed E-state index contributed by atoms with van der Waals surface area (Å²) in [4.78, 5) is 10.9. The molecule has 2 nitrogen and oxygen atoms in total. The minimum Gasteiger partial charge on any atom is -0.466 e. The van der Waals surface area contributed by atoms with Gasteiger partial charge < -0.3 is 4.74 Å². The Morgan fingerprint density at radius 2 is 2.40 bits per heavy atom. The molecule has 1 unspecified atom stereocenters. The first-order chi connectivity index (χ1) is 4.75. The summed E-state index contributed by atoms with van der Waals surface area (Å²) in [6, 6.07) is 0. The molecular weight excluding hydrogens is 128 g/mol. The Kier molecular flexibility index (Phi) is 1.90. The molecule has 0 aliphatic heterocycles. The molecule has 0 saturated carbocycles. The largest absolute Gasteiger partial charge is 0.466 e. The Morgan fingerprint density at radius 1 is 1.70 bits per heavy atom. The fourth-order valence-electron chi connectivity index (χ4n) is 0.953. The normalized spacial score (nSPS) is 22.6. The van der Waals surface area contributed by atoms with Crippen LogP contribution in [0.2, 0.25) is 0 Å². The molecule has 1 aliphatic rings. The predicted octanol–water partition coefficient (Wildman–Crippen LogP) is 1.29. The van der Waals surface area contributed by atoms with E-state index >= 15 is 0 Å². The molecule has 0 aromatic carbocycles. The van der Waals surface area contributed by atoms with Crippen molar-refractivity contribution >= 4 is 5.97 Å². The Bertz CT molecular complexity index is 201. The maximum absolute atomic E-state index is 10.9. The van der Waals surface area contributed by atoms with Crippen molar-refractivity contribution in [1.29, 1.82) is 0 Å². The lowest BCUT2D eigenvalue weighted by molar-refractivity contribution is -0.136. The smallest absolute Gasteiger partial charge is 0.334 e. The highest BCUT2D eigenvalue weighted by molar-refractivity contribution is 5.90. The van der Waals surface area contributed by atoms with Gasteiger partial charge in [-0.15, -0.1) is 0 Å². The molecule has 1 atom stereocenters. The Morgan fingerprint density at radius 3 is 2.80 bits per heavy atom. The van der Waals surface area contributed by atoms with E-state index < -0.39 is 0 Å². The molecule has 54 valence electrons. The Labute approximate surface area is 60.2 Å². The third kappa shape index (κ3) is 1.10. The van der Waals surface area contributed by atoms with E-state index in [0.29, 0.717) is 0 Å². The van der Waals surface area contributed by atoms with Gasteiger partial charge in [0.2, 0.25) is 0 Å². The first-order valence-electron chi connectivity index (χ1n) is 3.22. The Balaban J connectivity index is 2.68. The van der Waals surface area contributed by atoms with Crippen molar-refractivity contribution < 1.29 is 9.53 Å². The van der Waals surface area contributed by atoms with E-state index in [9.17, 15) is 4.79 Å². The van der Waals surface area contributed by atoms with Crippen molar-refractivity contribution in [2.45, 2.75) is 6.92 Å². The molecular formula is C8H10O2. The number of allylic oxidation sites excluding steroid dienone is 3. The van der Waals surface area contributed by atoms with Gasteiger partial charge in [0, 0.05) is 11.5 Å². The van der Waals surface area contributed by atoms with Gasteiger partial charge in [-0.2, -0.15) is 0 Å². The highest BCUT2D eigenvalue weighted by atomic mass is 16.5. The first-order valence-corrected chi connectivity index (χ1v) is 3.22. The number of carbonyl (C=O) groups excluding carboxylic acids is 1. The van der Waals surface area contributed by atoms with Gasteiger partial charge in [0.15, 0.2) is 0 Å². The maximum atomic E-state index is 10.9. The minimum atomic E-state index is -0.225. The molecule has 0 heterocycles. The zero-order valence-corrected chi connectivity index (χ0v) is 6.13. The average molecular weight is 138 g/mol. The lowest BCUT2D eigenvalue weighted by Gasteiger charge is -2.03. The number of esters is 1. The fraction of sp³-hybridized carbons (Fsp3) is 0.375. The molecule has 0 N–H and O–H groups in total. The van der Waals surface area contributed by atoms with E-state index in [4.69, 9.17) is 0 Å². The first kappa shape index (κ1) is 7.06. The van der Waals surface area contributed by atoms with E-state index in [1.807, 2.05) is 19.1 Å². The quantitative estimate of drug-likeness (QED) is 0.510. The number of methoxy groups -OCH3 is 1. The summed E-state index contributed by atoms with van der Waals surface area (Å²) < 4.78 is 4.56. The van der Waals surface area contributed by atoms with Crippen LogP contribution in [0.5, 0.6) is 0 Å². The van der Waals surface area contributed by atoms with Crippen molar-refractivity contribution in [2.24, 2.45) is 5.92 Å². The van der Waals surface area contributed by atoms with Crippen molar-refractivity contribution in [3.05, 3.63) is 23.8 Å². The molecule has 0 radical (unpaired) electrons. The summed E-state index contributed by atoms with van der Waals surface area (Å²) in [5, 5.41) is 0. The lowest BCUT2D eigenvalue weighted by Crippen LogP contribution is -2.08. The number of ether oxygens (including phenoxy) is 1. The summed E-state index contributed by atoms with van der Waals surface area (Å²) in [5.74, 6) is -0.00931. The summed E-state index contributed by atoms with van der Waals surface area (Å²) in [7, 11) is 1.40. The molecule has 0 spiro atoms. The molecule has 1 aliphatic carbocycles. The van der Waals surface area contributed by atoms with Gasteiger partial charge in [-0.05, 0) is 0 Å². The Hall–Kier alpha value is -1.05. The van der Waals surface area contributed by atoms with Crippen LogP contribution in [0, 0.1) is 5.92 Å². The van der Waals surface area contributed by atoms with Crippen molar-refractivity contribution in [2.75, 3.05) is 7.11 Å². The van der Waals surface area contributed by atoms with Crippen molar-refractivity contribution in [3.8, 4) is 0 Å². The zero-order valence-electron chi connectivity index (χ0n) is 6.13. The summed E-state index contributed by atoms with van der Waals surface area (Å²) in [6.45, 7) is 1.96. The van der Waals surface area contributed by atoms with Crippen LogP contribution in [-0.4, -0.2) is 13.1 Å². The molecule has 2 heteroatoms. The molecule has 0 aromatic rings. The van der Waals surface area contributed by atoms with Gasteiger partial charge in [0.25, 0.3) is 0 Å². The SMILES string of the molecule is COC(=O)C1=CC=CC1C. The van der Waals surface area contributed by atoms with Crippen LogP contribution < -0.4 is 0 Å². The number of hydrogen-bond donors (Lipinski definition) is 0. The minimum absolute atomic E-state index is 0.215. The summed E-state index contributed by atoms with van der Waals surface area (Å²) in [5.41, 5.74) is 0.738. The van der Waals surface area contributed by atoms with E-state index in [-0.39, 0.29) is 11.9 Å². The van der Waals surface area contributed by atoms with Gasteiger partial charge in [0.1, 0.15) is 0 Å². The highest BCUT2D eigenvalue weighted by Gasteiger charge is 2.16. The van der Waals surface area contributed by atoms with Crippen molar-refractivity contribution in [3.63, 3.8) is 0 Å². The molecule has 0 aromatic heterocycles. The molecule has 0 saturated heterocycles. The van der Waals surface area contributed by atoms with E-state index in [1.54, 1.807) is 6.08 Å². The lowest BCUT2D eigenvalue weighted by atomic mass is 10.1. The highest BCUT2D eigenvalue weighted by Crippen LogP contribution is 2.18. The maximum Gasteiger partial charge on any atom is 0.334 e. The van der Waals surface area contributed by atoms with Gasteiger partial charge in [-0.3, -0.25) is 0 Å². The molecule has 0 amide bonds. The number of rotatable bonds is 1. The van der Waals surface area contributed by atoms with Gasteiger partial charge in [-0.1, -0.05) is 25.2 Å². The summed E-state index contributed by atoms with van der Waals surface area (Å²) in [6.07, 6.45) is 5.62. The van der Waals surface area contributed by atoms with Crippen LogP contribution in [0.25, 0.3) is 0 Å². The van der Waals surface area contributed by atoms with Gasteiger partial charge in [-0.25, -0.2) is 4.79 Å². The third-order valence-electron chi connectivity index (χ3n) is 1.59. The topological polar surface area (TPSA) is 26.3 Å². The van der Waals surface area contributed by atoms with Crippen LogP contribution in [-0.2, 0) is 9.53 Å². The molecule has 0 fully saturated rings. The van der Waals surface area contributed by atoms with Crippen LogP contribution in [0.4, 0.5) is 0 Å². The second-order valence-electron chi connectivity index (χ2n) is 2.29. The van der Waals surface area contributed by atoms with Crippen LogP contribution in [0.1, 0.15) is 6.92 Å². The molecule has 1 rings (SSSR count). The average Bonchev–Trinajstić information content (AvgIpc) is 2.34. The van der Waals surface area contributed by atoms with Crippen LogP contribution >= 0.6 is 0 Å². The second kappa shape index (κ2) is 2.69. The second-order valence-corrected chi connectivity index (χ2v) is 2.29. The van der Waals surface area contributed by atoms with Crippen LogP contribution in [0.3, 0.4) is 0 Å². The van der Waals surface area contributed by atoms with E-state index in [0.717, 1.165) is 5.57 Å². The van der Waals surface area contributed by atoms with Gasteiger partial charge >= 0.3 is 5.97 Å². The monoisotopic (exact) mass is 138 g/mol. The summed E-state index contributed by atoms with van der Waals surface area (Å²) >= 11 is 0.